The van der Waals surface area contributed by atoms with Gasteiger partial charge in [-0.25, -0.2) is 4.79 Å². The van der Waals surface area contributed by atoms with Gasteiger partial charge in [0.05, 0.1) is 5.52 Å². The number of oxazole rings is 1. The van der Waals surface area contributed by atoms with Gasteiger partial charge in [-0.2, -0.15) is 0 Å². The highest BCUT2D eigenvalue weighted by atomic mass is 16.5. The van der Waals surface area contributed by atoms with Gasteiger partial charge in [0.25, 0.3) is 5.91 Å². The van der Waals surface area contributed by atoms with Crippen LogP contribution in [0.4, 0.5) is 5.69 Å². The topological polar surface area (TPSA) is 73.5 Å². The van der Waals surface area contributed by atoms with Crippen LogP contribution in [-0.2, 0) is 16.6 Å². The van der Waals surface area contributed by atoms with Crippen LogP contribution in [0.5, 0.6) is 0 Å². The molecule has 3 rings (SSSR count). The van der Waals surface area contributed by atoms with Gasteiger partial charge >= 0.3 is 5.76 Å². The molecule has 1 N–H and O–H groups in total. The first-order valence-corrected chi connectivity index (χ1v) is 7.08. The van der Waals surface area contributed by atoms with Crippen LogP contribution in [0, 0.1) is 0 Å². The SMILES string of the molecule is CO[C@H](C(=O)Nc1ccc2c(c1)oc(=O)n2C)c1ccccc1. The largest absolute Gasteiger partial charge is 0.419 e. The fraction of sp³-hybridized carbons (Fsp3) is 0.176. The second kappa shape index (κ2) is 6.10. The summed E-state index contributed by atoms with van der Waals surface area (Å²) in [5.74, 6) is -0.737. The van der Waals surface area contributed by atoms with Gasteiger partial charge in [0.1, 0.15) is 0 Å². The van der Waals surface area contributed by atoms with Crippen LogP contribution in [0.2, 0.25) is 0 Å². The number of ether oxygens (including phenoxy) is 1. The summed E-state index contributed by atoms with van der Waals surface area (Å²) < 4.78 is 11.8. The van der Waals surface area contributed by atoms with Crippen LogP contribution >= 0.6 is 0 Å². The number of amides is 1. The van der Waals surface area contributed by atoms with E-state index in [9.17, 15) is 9.59 Å². The molecule has 3 aromatic rings. The normalized spacial score (nSPS) is 12.3. The van der Waals surface area contributed by atoms with Gasteiger partial charge in [0.15, 0.2) is 11.7 Å². The van der Waals surface area contributed by atoms with Crippen molar-refractivity contribution in [2.45, 2.75) is 6.10 Å². The van der Waals surface area contributed by atoms with Crippen molar-refractivity contribution >= 4 is 22.7 Å². The number of fused-ring (bicyclic) bond motifs is 1. The van der Waals surface area contributed by atoms with Crippen LogP contribution in [0.25, 0.3) is 11.1 Å². The number of carbonyl (C=O) groups is 1. The van der Waals surface area contributed by atoms with E-state index in [0.29, 0.717) is 16.8 Å². The quantitative estimate of drug-likeness (QED) is 0.803. The third-order valence-corrected chi connectivity index (χ3v) is 3.64. The molecule has 0 saturated heterocycles. The summed E-state index contributed by atoms with van der Waals surface area (Å²) in [4.78, 5) is 23.9. The Bertz CT molecular complexity index is 896. The van der Waals surface area contributed by atoms with Crippen LogP contribution < -0.4 is 11.1 Å². The molecule has 23 heavy (non-hydrogen) atoms. The molecule has 0 bridgehead atoms. The molecule has 0 radical (unpaired) electrons. The Morgan fingerprint density at radius 1 is 1.22 bits per heavy atom. The minimum absolute atomic E-state index is 0.295. The van der Waals surface area contributed by atoms with E-state index in [0.717, 1.165) is 5.56 Å². The summed E-state index contributed by atoms with van der Waals surface area (Å²) in [6, 6.07) is 14.3. The number of hydrogen-bond acceptors (Lipinski definition) is 4. The van der Waals surface area contributed by atoms with E-state index in [4.69, 9.17) is 9.15 Å². The lowest BCUT2D eigenvalue weighted by Gasteiger charge is -2.15. The average molecular weight is 312 g/mol. The van der Waals surface area contributed by atoms with Crippen LogP contribution in [0.15, 0.2) is 57.7 Å². The van der Waals surface area contributed by atoms with E-state index < -0.39 is 11.9 Å². The van der Waals surface area contributed by atoms with E-state index >= 15 is 0 Å². The van der Waals surface area contributed by atoms with Crippen molar-refractivity contribution in [2.75, 3.05) is 12.4 Å². The second-order valence-electron chi connectivity index (χ2n) is 5.13. The highest BCUT2D eigenvalue weighted by Gasteiger charge is 2.20. The van der Waals surface area contributed by atoms with E-state index in [-0.39, 0.29) is 5.91 Å². The molecule has 1 amide bonds. The maximum absolute atomic E-state index is 12.4. The minimum Gasteiger partial charge on any atom is -0.408 e. The number of carbonyl (C=O) groups excluding carboxylic acids is 1. The Morgan fingerprint density at radius 2 is 1.96 bits per heavy atom. The molecule has 1 atom stereocenters. The number of nitrogens with zero attached hydrogens (tertiary/aromatic N) is 1. The Hall–Kier alpha value is -2.86. The number of benzene rings is 2. The summed E-state index contributed by atoms with van der Waals surface area (Å²) in [5.41, 5.74) is 2.39. The van der Waals surface area contributed by atoms with Gasteiger partial charge in [-0.1, -0.05) is 30.3 Å². The third kappa shape index (κ3) is 2.89. The molecule has 0 fully saturated rings. The lowest BCUT2D eigenvalue weighted by molar-refractivity contribution is -0.126. The summed E-state index contributed by atoms with van der Waals surface area (Å²) in [7, 11) is 3.11. The van der Waals surface area contributed by atoms with Gasteiger partial charge in [-0.05, 0) is 17.7 Å². The summed E-state index contributed by atoms with van der Waals surface area (Å²) in [6.45, 7) is 0. The fourth-order valence-electron chi connectivity index (χ4n) is 2.44. The molecule has 0 aliphatic rings. The summed E-state index contributed by atoms with van der Waals surface area (Å²) in [6.07, 6.45) is -0.713. The minimum atomic E-state index is -0.713. The van der Waals surface area contributed by atoms with Crippen molar-refractivity contribution in [1.29, 1.82) is 0 Å². The predicted octanol–water partition coefficient (Wildman–Crippen LogP) is 2.46. The van der Waals surface area contributed by atoms with Crippen molar-refractivity contribution in [3.8, 4) is 0 Å². The number of methoxy groups -OCH3 is 1. The maximum Gasteiger partial charge on any atom is 0.419 e. The molecule has 0 unspecified atom stereocenters. The predicted molar refractivity (Wildman–Crippen MR) is 86.3 cm³/mol. The van der Waals surface area contributed by atoms with E-state index in [1.54, 1.807) is 25.2 Å². The molecule has 1 heterocycles. The van der Waals surface area contributed by atoms with E-state index in [1.165, 1.54) is 11.7 Å². The van der Waals surface area contributed by atoms with Crippen molar-refractivity contribution in [2.24, 2.45) is 7.05 Å². The monoisotopic (exact) mass is 312 g/mol. The van der Waals surface area contributed by atoms with Crippen molar-refractivity contribution in [1.82, 2.24) is 4.57 Å². The van der Waals surface area contributed by atoms with E-state index in [2.05, 4.69) is 5.32 Å². The Balaban J connectivity index is 1.86. The number of anilines is 1. The first-order valence-electron chi connectivity index (χ1n) is 7.08. The number of aryl methyl sites for hydroxylation is 1. The first-order chi connectivity index (χ1) is 11.1. The molecule has 0 aliphatic carbocycles. The van der Waals surface area contributed by atoms with Gasteiger partial charge in [-0.15, -0.1) is 0 Å². The van der Waals surface area contributed by atoms with Gasteiger partial charge in [-0.3, -0.25) is 9.36 Å². The standard InChI is InChI=1S/C17H16N2O4/c1-19-13-9-8-12(10-14(13)23-17(19)21)18-16(20)15(22-2)11-6-4-3-5-7-11/h3-10,15H,1-2H3,(H,18,20)/t15-/m0/s1. The number of nitrogens with one attached hydrogen (secondary N) is 1. The number of hydrogen-bond donors (Lipinski definition) is 1. The lowest BCUT2D eigenvalue weighted by Crippen LogP contribution is -2.22. The Kier molecular flexibility index (Phi) is 3.99. The molecule has 1 aromatic heterocycles. The number of aromatic nitrogens is 1. The molecule has 0 aliphatic heterocycles. The summed E-state index contributed by atoms with van der Waals surface area (Å²) in [5, 5.41) is 2.78. The van der Waals surface area contributed by atoms with Crippen molar-refractivity contribution in [3.05, 3.63) is 64.6 Å². The zero-order chi connectivity index (χ0) is 16.4. The molecular weight excluding hydrogens is 296 g/mol. The van der Waals surface area contributed by atoms with Crippen LogP contribution in [0.1, 0.15) is 11.7 Å². The van der Waals surface area contributed by atoms with E-state index in [1.807, 2.05) is 30.3 Å². The highest BCUT2D eigenvalue weighted by molar-refractivity contribution is 5.96. The molecule has 2 aromatic carbocycles. The van der Waals surface area contributed by atoms with Gasteiger partial charge in [0, 0.05) is 25.9 Å². The van der Waals surface area contributed by atoms with Gasteiger partial charge in [0.2, 0.25) is 0 Å². The maximum atomic E-state index is 12.4. The van der Waals surface area contributed by atoms with Crippen LogP contribution in [0.3, 0.4) is 0 Å². The highest BCUT2D eigenvalue weighted by Crippen LogP contribution is 2.21. The number of rotatable bonds is 4. The molecular formula is C17H16N2O4. The van der Waals surface area contributed by atoms with Crippen molar-refractivity contribution < 1.29 is 13.9 Å². The summed E-state index contributed by atoms with van der Waals surface area (Å²) >= 11 is 0. The average Bonchev–Trinajstić information content (AvgIpc) is 2.83. The smallest absolute Gasteiger partial charge is 0.408 e. The zero-order valence-electron chi connectivity index (χ0n) is 12.8. The Labute approximate surface area is 132 Å². The first kappa shape index (κ1) is 15.1. The molecule has 6 nitrogen and oxygen atoms in total. The Morgan fingerprint density at radius 3 is 2.65 bits per heavy atom. The second-order valence-corrected chi connectivity index (χ2v) is 5.13. The molecule has 118 valence electrons. The fourth-order valence-corrected chi connectivity index (χ4v) is 2.44. The molecule has 0 saturated carbocycles. The van der Waals surface area contributed by atoms with Crippen LogP contribution in [-0.4, -0.2) is 17.6 Å². The van der Waals surface area contributed by atoms with Crippen molar-refractivity contribution in [3.63, 3.8) is 0 Å². The lowest BCUT2D eigenvalue weighted by atomic mass is 10.1. The molecule has 6 heteroatoms. The molecule has 0 spiro atoms. The third-order valence-electron chi connectivity index (χ3n) is 3.64. The van der Waals surface area contributed by atoms with Gasteiger partial charge < -0.3 is 14.5 Å². The zero-order valence-corrected chi connectivity index (χ0v) is 12.8.